The van der Waals surface area contributed by atoms with Gasteiger partial charge < -0.3 is 15.5 Å². The predicted octanol–water partition coefficient (Wildman–Crippen LogP) is 1.99. The first-order valence-electron chi connectivity index (χ1n) is 7.00. The van der Waals surface area contributed by atoms with Crippen LogP contribution in [0, 0.1) is 0 Å². The Morgan fingerprint density at radius 1 is 1.50 bits per heavy atom. The number of aromatic nitrogens is 1. The summed E-state index contributed by atoms with van der Waals surface area (Å²) in [5.74, 6) is 0.441. The minimum absolute atomic E-state index is 0.223. The highest BCUT2D eigenvalue weighted by Crippen LogP contribution is 2.24. The summed E-state index contributed by atoms with van der Waals surface area (Å²) in [5.41, 5.74) is 0.277. The van der Waals surface area contributed by atoms with Crippen molar-refractivity contribution in [2.75, 3.05) is 32.0 Å². The molecule has 0 spiro atoms. The highest BCUT2D eigenvalue weighted by molar-refractivity contribution is 6.33. The third kappa shape index (κ3) is 4.08. The summed E-state index contributed by atoms with van der Waals surface area (Å²) in [5, 5.41) is 6.31. The van der Waals surface area contributed by atoms with Gasteiger partial charge in [0.25, 0.3) is 5.91 Å². The molecule has 0 aromatic carbocycles. The summed E-state index contributed by atoms with van der Waals surface area (Å²) in [4.78, 5) is 18.6. The first-order chi connectivity index (χ1) is 9.61. The molecule has 110 valence electrons. The molecule has 1 saturated carbocycles. The van der Waals surface area contributed by atoms with E-state index in [-0.39, 0.29) is 11.6 Å². The van der Waals surface area contributed by atoms with Crippen molar-refractivity contribution in [3.63, 3.8) is 0 Å². The minimum atomic E-state index is -0.223. The Balaban J connectivity index is 1.88. The fraction of sp³-hybridized carbons (Fsp3) is 0.571. The number of pyridine rings is 1. The van der Waals surface area contributed by atoms with E-state index in [2.05, 4.69) is 27.6 Å². The molecule has 2 N–H and O–H groups in total. The number of hydrogen-bond donors (Lipinski definition) is 2. The predicted molar refractivity (Wildman–Crippen MR) is 81.4 cm³/mol. The molecule has 0 unspecified atom stereocenters. The molecule has 0 radical (unpaired) electrons. The molecule has 6 heteroatoms. The average Bonchev–Trinajstić information content (AvgIpc) is 3.25. The lowest BCUT2D eigenvalue weighted by Crippen LogP contribution is -2.34. The molecule has 1 heterocycles. The number of rotatable bonds is 7. The lowest BCUT2D eigenvalue weighted by Gasteiger charge is -2.15. The van der Waals surface area contributed by atoms with Gasteiger partial charge in [0.15, 0.2) is 0 Å². The largest absolute Gasteiger partial charge is 0.370 e. The van der Waals surface area contributed by atoms with Crippen molar-refractivity contribution in [3.8, 4) is 0 Å². The first-order valence-corrected chi connectivity index (χ1v) is 7.38. The number of nitrogens with one attached hydrogen (secondary N) is 2. The molecule has 5 nitrogen and oxygen atoms in total. The molecule has 20 heavy (non-hydrogen) atoms. The Morgan fingerprint density at radius 2 is 2.25 bits per heavy atom. The maximum Gasteiger partial charge on any atom is 0.271 e. The maximum absolute atomic E-state index is 12.1. The fourth-order valence-corrected chi connectivity index (χ4v) is 2.20. The summed E-state index contributed by atoms with van der Waals surface area (Å²) in [7, 11) is 2.08. The third-order valence-electron chi connectivity index (χ3n) is 3.34. The molecule has 0 saturated heterocycles. The standard InChI is InChI=1S/C14H21ClN4O/c1-3-16-12-7-6-11(15)13(18-12)14(20)17-8-9-19(2)10-4-5-10/h6-7,10H,3-5,8-9H2,1-2H3,(H,16,18)(H,17,20). The molecule has 0 aliphatic heterocycles. The monoisotopic (exact) mass is 296 g/mol. The Labute approximate surface area is 124 Å². The molecule has 1 fully saturated rings. The van der Waals surface area contributed by atoms with Crippen molar-refractivity contribution in [1.82, 2.24) is 15.2 Å². The van der Waals surface area contributed by atoms with Crippen LogP contribution < -0.4 is 10.6 Å². The molecule has 0 atom stereocenters. The summed E-state index contributed by atoms with van der Waals surface area (Å²) in [6, 6.07) is 4.16. The van der Waals surface area contributed by atoms with Crippen molar-refractivity contribution >= 4 is 23.3 Å². The highest BCUT2D eigenvalue weighted by atomic mass is 35.5. The van der Waals surface area contributed by atoms with Gasteiger partial charge in [-0.3, -0.25) is 4.79 Å². The van der Waals surface area contributed by atoms with E-state index < -0.39 is 0 Å². The van der Waals surface area contributed by atoms with Crippen molar-refractivity contribution in [2.24, 2.45) is 0 Å². The zero-order valence-corrected chi connectivity index (χ0v) is 12.7. The SMILES string of the molecule is CCNc1ccc(Cl)c(C(=O)NCCN(C)C2CC2)n1. The van der Waals surface area contributed by atoms with Gasteiger partial charge in [0, 0.05) is 25.7 Å². The van der Waals surface area contributed by atoms with Crippen LogP contribution in [0.4, 0.5) is 5.82 Å². The molecule has 1 aliphatic rings. The summed E-state index contributed by atoms with van der Waals surface area (Å²) in [6.07, 6.45) is 2.53. The van der Waals surface area contributed by atoms with Crippen LogP contribution in [0.25, 0.3) is 0 Å². The van der Waals surface area contributed by atoms with Crippen LogP contribution >= 0.6 is 11.6 Å². The molecular weight excluding hydrogens is 276 g/mol. The van der Waals surface area contributed by atoms with E-state index in [0.717, 1.165) is 13.1 Å². The molecule has 0 bridgehead atoms. The van der Waals surface area contributed by atoms with Gasteiger partial charge in [-0.1, -0.05) is 11.6 Å². The molecular formula is C14H21ClN4O. The van der Waals surface area contributed by atoms with Crippen LogP contribution in [-0.2, 0) is 0 Å². The van der Waals surface area contributed by atoms with Gasteiger partial charge in [-0.25, -0.2) is 4.98 Å². The Morgan fingerprint density at radius 3 is 2.90 bits per heavy atom. The second-order valence-electron chi connectivity index (χ2n) is 5.02. The van der Waals surface area contributed by atoms with Crippen LogP contribution in [0.1, 0.15) is 30.3 Å². The third-order valence-corrected chi connectivity index (χ3v) is 3.64. The fourth-order valence-electron chi connectivity index (χ4n) is 2.01. The van der Waals surface area contributed by atoms with Gasteiger partial charge in [-0.05, 0) is 38.9 Å². The zero-order chi connectivity index (χ0) is 14.5. The number of anilines is 1. The van der Waals surface area contributed by atoms with Crippen LogP contribution in [0.2, 0.25) is 5.02 Å². The van der Waals surface area contributed by atoms with E-state index in [1.54, 1.807) is 12.1 Å². The Hall–Kier alpha value is -1.33. The van der Waals surface area contributed by atoms with E-state index in [9.17, 15) is 4.79 Å². The van der Waals surface area contributed by atoms with E-state index >= 15 is 0 Å². The van der Waals surface area contributed by atoms with Gasteiger partial charge in [-0.15, -0.1) is 0 Å². The number of hydrogen-bond acceptors (Lipinski definition) is 4. The van der Waals surface area contributed by atoms with Gasteiger partial charge in [0.2, 0.25) is 0 Å². The lowest BCUT2D eigenvalue weighted by molar-refractivity contribution is 0.0945. The molecule has 1 amide bonds. The summed E-state index contributed by atoms with van der Waals surface area (Å²) < 4.78 is 0. The first kappa shape index (κ1) is 15.1. The smallest absolute Gasteiger partial charge is 0.271 e. The number of carbonyl (C=O) groups excluding carboxylic acids is 1. The van der Waals surface area contributed by atoms with Crippen LogP contribution in [0.15, 0.2) is 12.1 Å². The van der Waals surface area contributed by atoms with Gasteiger partial charge in [0.1, 0.15) is 11.5 Å². The number of carbonyl (C=O) groups is 1. The number of nitrogens with zero attached hydrogens (tertiary/aromatic N) is 2. The molecule has 1 aliphatic carbocycles. The van der Waals surface area contributed by atoms with Crippen molar-refractivity contribution in [3.05, 3.63) is 22.8 Å². The normalized spacial score (nSPS) is 14.4. The number of halogens is 1. The Kier molecular flexibility index (Phi) is 5.20. The summed E-state index contributed by atoms with van der Waals surface area (Å²) in [6.45, 7) is 4.18. The zero-order valence-electron chi connectivity index (χ0n) is 11.9. The van der Waals surface area contributed by atoms with Crippen LogP contribution in [0.5, 0.6) is 0 Å². The van der Waals surface area contributed by atoms with Crippen LogP contribution in [-0.4, -0.2) is 48.5 Å². The van der Waals surface area contributed by atoms with E-state index in [1.165, 1.54) is 12.8 Å². The number of likely N-dealkylation sites (N-methyl/N-ethyl adjacent to an activating group) is 1. The topological polar surface area (TPSA) is 57.3 Å². The van der Waals surface area contributed by atoms with E-state index in [4.69, 9.17) is 11.6 Å². The minimum Gasteiger partial charge on any atom is -0.370 e. The van der Waals surface area contributed by atoms with E-state index in [1.807, 2.05) is 6.92 Å². The molecule has 1 aromatic rings. The van der Waals surface area contributed by atoms with E-state index in [0.29, 0.717) is 23.4 Å². The second kappa shape index (κ2) is 6.90. The van der Waals surface area contributed by atoms with Gasteiger partial charge in [-0.2, -0.15) is 0 Å². The van der Waals surface area contributed by atoms with Gasteiger partial charge in [0.05, 0.1) is 5.02 Å². The summed E-state index contributed by atoms with van der Waals surface area (Å²) >= 11 is 6.03. The highest BCUT2D eigenvalue weighted by Gasteiger charge is 2.25. The molecule has 2 rings (SSSR count). The van der Waals surface area contributed by atoms with Crippen molar-refractivity contribution in [2.45, 2.75) is 25.8 Å². The van der Waals surface area contributed by atoms with Gasteiger partial charge >= 0.3 is 0 Å². The second-order valence-corrected chi connectivity index (χ2v) is 5.43. The maximum atomic E-state index is 12.1. The number of amides is 1. The molecule has 1 aromatic heterocycles. The van der Waals surface area contributed by atoms with Crippen molar-refractivity contribution in [1.29, 1.82) is 0 Å². The van der Waals surface area contributed by atoms with Crippen molar-refractivity contribution < 1.29 is 4.79 Å². The quantitative estimate of drug-likeness (QED) is 0.808. The lowest BCUT2D eigenvalue weighted by atomic mass is 10.3. The Bertz CT molecular complexity index is 476. The average molecular weight is 297 g/mol. The van der Waals surface area contributed by atoms with Crippen LogP contribution in [0.3, 0.4) is 0 Å².